The monoisotopic (exact) mass is 365 g/mol. The van der Waals surface area contributed by atoms with Gasteiger partial charge in [0.25, 0.3) is 5.91 Å². The number of benzene rings is 1. The van der Waals surface area contributed by atoms with E-state index in [2.05, 4.69) is 5.32 Å². The number of hydrogen-bond donors (Lipinski definition) is 1. The summed E-state index contributed by atoms with van der Waals surface area (Å²) < 4.78 is 33.6. The molecule has 2 aromatic rings. The van der Waals surface area contributed by atoms with Gasteiger partial charge < -0.3 is 14.5 Å². The van der Waals surface area contributed by atoms with Crippen LogP contribution in [0, 0.1) is 6.92 Å². The summed E-state index contributed by atoms with van der Waals surface area (Å²) in [5.74, 6) is -1.21. The molecule has 0 unspecified atom stereocenters. The molecule has 1 N–H and O–H groups in total. The summed E-state index contributed by atoms with van der Waals surface area (Å²) in [4.78, 5) is 24.4. The maximum Gasteiger partial charge on any atom is 0.375 e. The smallest absolute Gasteiger partial charge is 0.375 e. The Labute approximate surface area is 145 Å². The average molecular weight is 365 g/mol. The molecular weight excluding hydrogens is 346 g/mol. The van der Waals surface area contributed by atoms with Crippen LogP contribution in [-0.2, 0) is 19.4 Å². The van der Waals surface area contributed by atoms with E-state index in [1.54, 1.807) is 19.1 Å². The number of aryl methyl sites for hydroxylation is 1. The summed E-state index contributed by atoms with van der Waals surface area (Å²) in [6.45, 7) is 3.19. The molecule has 1 fully saturated rings. The Bertz CT molecular complexity index is 930. The lowest BCUT2D eigenvalue weighted by molar-refractivity contribution is -0.129. The van der Waals surface area contributed by atoms with E-state index in [9.17, 15) is 18.0 Å². The fourth-order valence-corrected chi connectivity index (χ4v) is 4.54. The fraction of sp³-hybridized carbons (Fsp3) is 0.412. The lowest BCUT2D eigenvalue weighted by Gasteiger charge is -2.16. The summed E-state index contributed by atoms with van der Waals surface area (Å²) in [5, 5.41) is 3.41. The maximum absolute atomic E-state index is 12.3. The molecule has 134 valence electrons. The zero-order valence-corrected chi connectivity index (χ0v) is 14.8. The third-order valence-electron chi connectivity index (χ3n) is 4.26. The van der Waals surface area contributed by atoms with Gasteiger partial charge in [-0.15, -0.1) is 0 Å². The van der Waals surface area contributed by atoms with E-state index in [4.69, 9.17) is 9.15 Å². The molecule has 0 bridgehead atoms. The predicted molar refractivity (Wildman–Crippen MR) is 91.0 cm³/mol. The van der Waals surface area contributed by atoms with Gasteiger partial charge >= 0.3 is 5.97 Å². The molecule has 0 aliphatic carbocycles. The van der Waals surface area contributed by atoms with Crippen molar-refractivity contribution >= 4 is 32.7 Å². The van der Waals surface area contributed by atoms with Crippen LogP contribution in [0.4, 0.5) is 0 Å². The molecule has 0 saturated carbocycles. The minimum absolute atomic E-state index is 0.0595. The molecule has 1 aromatic carbocycles. The van der Waals surface area contributed by atoms with Gasteiger partial charge in [0.15, 0.2) is 15.9 Å². The van der Waals surface area contributed by atoms with Crippen LogP contribution in [0.25, 0.3) is 11.0 Å². The highest BCUT2D eigenvalue weighted by Gasteiger charge is 2.31. The lowest BCUT2D eigenvalue weighted by Crippen LogP contribution is -2.42. The predicted octanol–water partition coefficient (Wildman–Crippen LogP) is 1.59. The standard InChI is InChI=1S/C17H19NO6S/c1-10-13-5-3-4-6-14(13)24-15(10)17(20)23-11(2)16(19)18-12-7-8-25(21,22)9-12/h3-6,11-12H,7-9H2,1-2H3,(H,18,19)/t11-,12-/m1/s1. The molecule has 8 heteroatoms. The first-order valence-electron chi connectivity index (χ1n) is 7.97. The SMILES string of the molecule is Cc1c(C(=O)O[C@H](C)C(=O)N[C@@H]2CCS(=O)(=O)C2)oc2ccccc12. The molecule has 1 amide bonds. The first-order valence-corrected chi connectivity index (χ1v) is 9.79. The van der Waals surface area contributed by atoms with E-state index in [0.717, 1.165) is 5.39 Å². The summed E-state index contributed by atoms with van der Waals surface area (Å²) in [6, 6.07) is 6.78. The van der Waals surface area contributed by atoms with Gasteiger partial charge in [0.2, 0.25) is 5.76 Å². The van der Waals surface area contributed by atoms with Gasteiger partial charge in [0.05, 0.1) is 11.5 Å². The first kappa shape index (κ1) is 17.5. The molecule has 7 nitrogen and oxygen atoms in total. The molecule has 25 heavy (non-hydrogen) atoms. The minimum atomic E-state index is -3.09. The van der Waals surface area contributed by atoms with Crippen LogP contribution in [0.1, 0.15) is 29.5 Å². The third-order valence-corrected chi connectivity index (χ3v) is 6.03. The van der Waals surface area contributed by atoms with Crippen molar-refractivity contribution in [2.45, 2.75) is 32.4 Å². The largest absolute Gasteiger partial charge is 0.449 e. The number of sulfone groups is 1. The highest BCUT2D eigenvalue weighted by Crippen LogP contribution is 2.25. The van der Waals surface area contributed by atoms with Crippen LogP contribution < -0.4 is 5.32 Å². The van der Waals surface area contributed by atoms with E-state index in [0.29, 0.717) is 17.6 Å². The minimum Gasteiger partial charge on any atom is -0.449 e. The number of ether oxygens (including phenoxy) is 1. The van der Waals surface area contributed by atoms with Gasteiger partial charge in [0.1, 0.15) is 5.58 Å². The Balaban J connectivity index is 1.65. The van der Waals surface area contributed by atoms with Crippen molar-refractivity contribution < 1.29 is 27.2 Å². The Kier molecular flexibility index (Phi) is 4.55. The second-order valence-corrected chi connectivity index (χ2v) is 8.44. The van der Waals surface area contributed by atoms with Gasteiger partial charge in [-0.25, -0.2) is 13.2 Å². The number of carbonyl (C=O) groups excluding carboxylic acids is 2. The second kappa shape index (κ2) is 6.51. The number of nitrogens with one attached hydrogen (secondary N) is 1. The highest BCUT2D eigenvalue weighted by atomic mass is 32.2. The van der Waals surface area contributed by atoms with Crippen LogP contribution >= 0.6 is 0 Å². The van der Waals surface area contributed by atoms with Crippen LogP contribution in [-0.4, -0.2) is 43.9 Å². The van der Waals surface area contributed by atoms with Crippen LogP contribution in [0.3, 0.4) is 0 Å². The van der Waals surface area contributed by atoms with Crippen molar-refractivity contribution in [3.05, 3.63) is 35.6 Å². The Morgan fingerprint density at radius 1 is 1.32 bits per heavy atom. The second-order valence-electron chi connectivity index (χ2n) is 6.21. The molecule has 1 aliphatic rings. The van der Waals surface area contributed by atoms with E-state index >= 15 is 0 Å². The molecule has 0 spiro atoms. The number of furan rings is 1. The van der Waals surface area contributed by atoms with Crippen molar-refractivity contribution in [2.75, 3.05) is 11.5 Å². The number of para-hydroxylation sites is 1. The molecule has 0 radical (unpaired) electrons. The number of carbonyl (C=O) groups is 2. The van der Waals surface area contributed by atoms with E-state index < -0.39 is 33.9 Å². The molecule has 2 atom stereocenters. The summed E-state index contributed by atoms with van der Waals surface area (Å²) in [5.41, 5.74) is 1.22. The quantitative estimate of drug-likeness (QED) is 0.826. The van der Waals surface area contributed by atoms with Crippen LogP contribution in [0.5, 0.6) is 0 Å². The number of fused-ring (bicyclic) bond motifs is 1. The Morgan fingerprint density at radius 2 is 2.04 bits per heavy atom. The maximum atomic E-state index is 12.3. The van der Waals surface area contributed by atoms with Gasteiger partial charge in [-0.05, 0) is 26.3 Å². The number of rotatable bonds is 4. The molecule has 1 saturated heterocycles. The number of esters is 1. The zero-order chi connectivity index (χ0) is 18.2. The molecule has 2 heterocycles. The fourth-order valence-electron chi connectivity index (χ4n) is 2.86. The summed E-state index contributed by atoms with van der Waals surface area (Å²) in [7, 11) is -3.09. The van der Waals surface area contributed by atoms with Gasteiger partial charge in [0, 0.05) is 17.0 Å². The molecule has 3 rings (SSSR count). The van der Waals surface area contributed by atoms with Gasteiger partial charge in [-0.2, -0.15) is 0 Å². The zero-order valence-electron chi connectivity index (χ0n) is 13.9. The normalized spacial score (nSPS) is 20.3. The Morgan fingerprint density at radius 3 is 2.68 bits per heavy atom. The molecular formula is C17H19NO6S. The Hall–Kier alpha value is -2.35. The lowest BCUT2D eigenvalue weighted by atomic mass is 10.1. The molecule has 1 aliphatic heterocycles. The van der Waals surface area contributed by atoms with Crippen molar-refractivity contribution in [3.8, 4) is 0 Å². The van der Waals surface area contributed by atoms with E-state index in [-0.39, 0.29) is 17.3 Å². The highest BCUT2D eigenvalue weighted by molar-refractivity contribution is 7.91. The van der Waals surface area contributed by atoms with E-state index in [1.807, 2.05) is 12.1 Å². The van der Waals surface area contributed by atoms with Crippen molar-refractivity contribution in [2.24, 2.45) is 0 Å². The molecule has 1 aromatic heterocycles. The van der Waals surface area contributed by atoms with Crippen LogP contribution in [0.2, 0.25) is 0 Å². The van der Waals surface area contributed by atoms with Gasteiger partial charge in [-0.3, -0.25) is 4.79 Å². The van der Waals surface area contributed by atoms with Crippen molar-refractivity contribution in [3.63, 3.8) is 0 Å². The van der Waals surface area contributed by atoms with Gasteiger partial charge in [-0.1, -0.05) is 18.2 Å². The van der Waals surface area contributed by atoms with Crippen molar-refractivity contribution in [1.29, 1.82) is 0 Å². The summed E-state index contributed by atoms with van der Waals surface area (Å²) >= 11 is 0. The number of hydrogen-bond acceptors (Lipinski definition) is 6. The third kappa shape index (κ3) is 3.68. The average Bonchev–Trinajstić information content (AvgIpc) is 3.07. The topological polar surface area (TPSA) is 103 Å². The summed E-state index contributed by atoms with van der Waals surface area (Å²) in [6.07, 6.45) is -0.680. The van der Waals surface area contributed by atoms with Crippen LogP contribution in [0.15, 0.2) is 28.7 Å². The van der Waals surface area contributed by atoms with E-state index in [1.165, 1.54) is 6.92 Å². The number of amides is 1. The van der Waals surface area contributed by atoms with Crippen molar-refractivity contribution in [1.82, 2.24) is 5.32 Å². The first-order chi connectivity index (χ1) is 11.8.